The Labute approximate surface area is 170 Å². The summed E-state index contributed by atoms with van der Waals surface area (Å²) in [4.78, 5) is 24.1. The minimum Gasteiger partial charge on any atom is -0.352 e. The maximum atomic E-state index is 13.2. The first kappa shape index (κ1) is 20.5. The van der Waals surface area contributed by atoms with Gasteiger partial charge < -0.3 is 10.6 Å². The number of carbonyl (C=O) groups is 2. The Bertz CT molecular complexity index is 992. The van der Waals surface area contributed by atoms with Gasteiger partial charge in [-0.1, -0.05) is 29.5 Å². The molecule has 2 aromatic carbocycles. The Morgan fingerprint density at radius 3 is 2.55 bits per heavy atom. The van der Waals surface area contributed by atoms with Crippen LogP contribution in [-0.4, -0.2) is 22.0 Å². The molecule has 9 heteroatoms. The van der Waals surface area contributed by atoms with Crippen molar-refractivity contribution in [2.75, 3.05) is 5.32 Å². The van der Waals surface area contributed by atoms with Crippen molar-refractivity contribution >= 4 is 28.8 Å². The Hall–Kier alpha value is -3.20. The van der Waals surface area contributed by atoms with Crippen LogP contribution in [0.3, 0.4) is 0 Å². The van der Waals surface area contributed by atoms with Gasteiger partial charge in [-0.15, -0.1) is 10.2 Å². The van der Waals surface area contributed by atoms with Gasteiger partial charge in [0.25, 0.3) is 5.91 Å². The highest BCUT2D eigenvalue weighted by molar-refractivity contribution is 7.13. The number of anilines is 1. The lowest BCUT2D eigenvalue weighted by Gasteiger charge is -2.04. The highest BCUT2D eigenvalue weighted by Gasteiger charge is 2.13. The van der Waals surface area contributed by atoms with E-state index >= 15 is 0 Å². The molecule has 2 N–H and O–H groups in total. The summed E-state index contributed by atoms with van der Waals surface area (Å²) in [7, 11) is 0. The molecule has 0 aliphatic rings. The third-order valence-corrected chi connectivity index (χ3v) is 4.92. The third-order valence-electron chi connectivity index (χ3n) is 3.94. The maximum Gasteiger partial charge on any atom is 0.286 e. The van der Waals surface area contributed by atoms with E-state index in [1.807, 2.05) is 0 Å². The molecular formula is C20H18F2N4O2S. The van der Waals surface area contributed by atoms with E-state index in [4.69, 9.17) is 0 Å². The summed E-state index contributed by atoms with van der Waals surface area (Å²) in [6, 6.07) is 11.5. The SMILES string of the molecule is O=C(CCCc1nnc(C(=O)Nc2cccc(F)c2)s1)NCc1ccc(F)cc1. The van der Waals surface area contributed by atoms with Gasteiger partial charge in [0, 0.05) is 25.1 Å². The molecule has 0 saturated heterocycles. The Balaban J connectivity index is 1.41. The zero-order chi connectivity index (χ0) is 20.6. The number of nitrogens with one attached hydrogen (secondary N) is 2. The minimum absolute atomic E-state index is 0.122. The summed E-state index contributed by atoms with van der Waals surface area (Å²) in [5, 5.41) is 14.0. The van der Waals surface area contributed by atoms with Gasteiger partial charge in [0.05, 0.1) is 0 Å². The molecular weight excluding hydrogens is 398 g/mol. The number of aromatic nitrogens is 2. The van der Waals surface area contributed by atoms with Gasteiger partial charge in [-0.3, -0.25) is 9.59 Å². The molecule has 6 nitrogen and oxygen atoms in total. The lowest BCUT2D eigenvalue weighted by molar-refractivity contribution is -0.121. The van der Waals surface area contributed by atoms with Crippen LogP contribution in [0.15, 0.2) is 48.5 Å². The molecule has 0 bridgehead atoms. The first-order valence-corrected chi connectivity index (χ1v) is 9.72. The fraction of sp³-hybridized carbons (Fsp3) is 0.200. The molecule has 1 aromatic heterocycles. The van der Waals surface area contributed by atoms with Crippen LogP contribution in [0.2, 0.25) is 0 Å². The molecule has 0 atom stereocenters. The predicted molar refractivity (Wildman–Crippen MR) is 105 cm³/mol. The highest BCUT2D eigenvalue weighted by atomic mass is 32.1. The molecule has 0 spiro atoms. The number of benzene rings is 2. The topological polar surface area (TPSA) is 84.0 Å². The molecule has 0 radical (unpaired) electrons. The van der Waals surface area contributed by atoms with E-state index in [2.05, 4.69) is 20.8 Å². The number of halogens is 2. The Morgan fingerprint density at radius 2 is 1.79 bits per heavy atom. The zero-order valence-electron chi connectivity index (χ0n) is 15.3. The normalized spacial score (nSPS) is 10.6. The van der Waals surface area contributed by atoms with E-state index in [0.29, 0.717) is 36.5 Å². The largest absolute Gasteiger partial charge is 0.352 e. The molecule has 150 valence electrons. The smallest absolute Gasteiger partial charge is 0.286 e. The molecule has 3 aromatic rings. The van der Waals surface area contributed by atoms with Crippen LogP contribution < -0.4 is 10.6 Å². The van der Waals surface area contributed by atoms with Crippen molar-refractivity contribution in [1.29, 1.82) is 0 Å². The quantitative estimate of drug-likeness (QED) is 0.586. The number of rotatable bonds is 8. The summed E-state index contributed by atoms with van der Waals surface area (Å²) < 4.78 is 26.0. The van der Waals surface area contributed by atoms with Crippen LogP contribution in [0.1, 0.15) is 33.2 Å². The van der Waals surface area contributed by atoms with Crippen LogP contribution in [0.25, 0.3) is 0 Å². The summed E-state index contributed by atoms with van der Waals surface area (Å²) >= 11 is 1.13. The van der Waals surface area contributed by atoms with Crippen molar-refractivity contribution in [3.63, 3.8) is 0 Å². The van der Waals surface area contributed by atoms with E-state index in [1.54, 1.807) is 18.2 Å². The average molecular weight is 416 g/mol. The first-order chi connectivity index (χ1) is 14.0. The molecule has 0 saturated carbocycles. The fourth-order valence-electron chi connectivity index (χ4n) is 2.49. The minimum atomic E-state index is -0.462. The van der Waals surface area contributed by atoms with Gasteiger partial charge in [-0.2, -0.15) is 0 Å². The lowest BCUT2D eigenvalue weighted by Crippen LogP contribution is -2.22. The zero-order valence-corrected chi connectivity index (χ0v) is 16.1. The number of hydrogen-bond acceptors (Lipinski definition) is 5. The molecule has 29 heavy (non-hydrogen) atoms. The van der Waals surface area contributed by atoms with Gasteiger partial charge in [-0.25, -0.2) is 8.78 Å². The van der Waals surface area contributed by atoms with Crippen LogP contribution in [-0.2, 0) is 17.8 Å². The van der Waals surface area contributed by atoms with Crippen LogP contribution in [0.4, 0.5) is 14.5 Å². The molecule has 0 unspecified atom stereocenters. The number of carbonyl (C=O) groups excluding carboxylic acids is 2. The van der Waals surface area contributed by atoms with Gasteiger partial charge >= 0.3 is 0 Å². The summed E-state index contributed by atoms with van der Waals surface area (Å²) in [5.74, 6) is -1.35. The molecule has 0 aliphatic heterocycles. The van der Waals surface area contributed by atoms with Crippen molar-refractivity contribution in [3.8, 4) is 0 Å². The van der Waals surface area contributed by atoms with Crippen molar-refractivity contribution in [2.24, 2.45) is 0 Å². The fourth-order valence-corrected chi connectivity index (χ4v) is 3.27. The second-order valence-electron chi connectivity index (χ2n) is 6.22. The maximum absolute atomic E-state index is 13.2. The molecule has 0 fully saturated rings. The second kappa shape index (κ2) is 9.83. The van der Waals surface area contributed by atoms with Gasteiger partial charge in [0.1, 0.15) is 16.6 Å². The standard InChI is InChI=1S/C20H18F2N4O2S/c21-14-9-7-13(8-10-14)12-23-17(27)5-2-6-18-25-26-20(29-18)19(28)24-16-4-1-3-15(22)11-16/h1,3-4,7-11H,2,5-6,12H2,(H,23,27)(H,24,28). The molecule has 0 aliphatic carbocycles. The predicted octanol–water partition coefficient (Wildman–Crippen LogP) is 3.71. The Morgan fingerprint density at radius 1 is 1.00 bits per heavy atom. The van der Waals surface area contributed by atoms with E-state index in [0.717, 1.165) is 16.9 Å². The van der Waals surface area contributed by atoms with Crippen molar-refractivity contribution in [1.82, 2.24) is 15.5 Å². The number of nitrogens with zero attached hydrogens (tertiary/aromatic N) is 2. The summed E-state index contributed by atoms with van der Waals surface area (Å²) in [6.07, 6.45) is 1.36. The van der Waals surface area contributed by atoms with Crippen molar-refractivity contribution < 1.29 is 18.4 Å². The second-order valence-corrected chi connectivity index (χ2v) is 7.28. The van der Waals surface area contributed by atoms with E-state index in [1.165, 1.54) is 30.3 Å². The van der Waals surface area contributed by atoms with Crippen molar-refractivity contribution in [3.05, 3.63) is 75.7 Å². The van der Waals surface area contributed by atoms with Crippen LogP contribution >= 0.6 is 11.3 Å². The van der Waals surface area contributed by atoms with E-state index < -0.39 is 11.7 Å². The lowest BCUT2D eigenvalue weighted by atomic mass is 10.2. The molecule has 1 heterocycles. The summed E-state index contributed by atoms with van der Waals surface area (Å²) in [5.41, 5.74) is 1.16. The Kier molecular flexibility index (Phi) is 6.96. The van der Waals surface area contributed by atoms with Gasteiger partial charge in [-0.05, 0) is 42.3 Å². The van der Waals surface area contributed by atoms with Crippen LogP contribution in [0, 0.1) is 11.6 Å². The number of aryl methyl sites for hydroxylation is 1. The van der Waals surface area contributed by atoms with Crippen LogP contribution in [0.5, 0.6) is 0 Å². The third kappa shape index (κ3) is 6.42. The van der Waals surface area contributed by atoms with E-state index in [-0.39, 0.29) is 16.7 Å². The average Bonchev–Trinajstić information content (AvgIpc) is 3.17. The monoisotopic (exact) mass is 416 g/mol. The van der Waals surface area contributed by atoms with Crippen molar-refractivity contribution in [2.45, 2.75) is 25.8 Å². The van der Waals surface area contributed by atoms with E-state index in [9.17, 15) is 18.4 Å². The van der Waals surface area contributed by atoms with Gasteiger partial charge in [0.2, 0.25) is 10.9 Å². The van der Waals surface area contributed by atoms with Gasteiger partial charge in [0.15, 0.2) is 0 Å². The number of amides is 2. The molecule has 2 amide bonds. The first-order valence-electron chi connectivity index (χ1n) is 8.90. The molecule has 3 rings (SSSR count). The summed E-state index contributed by atoms with van der Waals surface area (Å²) in [6.45, 7) is 0.336. The number of hydrogen-bond donors (Lipinski definition) is 2. The highest BCUT2D eigenvalue weighted by Crippen LogP contribution is 2.16.